The molecule has 0 saturated carbocycles. The van der Waals surface area contributed by atoms with Gasteiger partial charge in [-0.2, -0.15) is 14.0 Å². The van der Waals surface area contributed by atoms with Crippen molar-refractivity contribution in [3.05, 3.63) is 39.7 Å². The zero-order valence-electron chi connectivity index (χ0n) is 12.4. The number of hydrogen-bond acceptors (Lipinski definition) is 6. The molecule has 1 aromatic rings. The van der Waals surface area contributed by atoms with Crippen LogP contribution < -0.4 is 0 Å². The van der Waals surface area contributed by atoms with E-state index in [1.54, 1.807) is 20.8 Å². The van der Waals surface area contributed by atoms with Gasteiger partial charge in [0, 0.05) is 6.07 Å². The van der Waals surface area contributed by atoms with Crippen LogP contribution in [0.2, 0.25) is 0 Å². The minimum absolute atomic E-state index is 0.226. The van der Waals surface area contributed by atoms with Crippen molar-refractivity contribution in [2.24, 2.45) is 0 Å². The molecule has 0 aliphatic heterocycles. The van der Waals surface area contributed by atoms with Crippen molar-refractivity contribution in [3.8, 4) is 0 Å². The molecule has 8 heteroatoms. The van der Waals surface area contributed by atoms with E-state index in [1.807, 2.05) is 0 Å². The van der Waals surface area contributed by atoms with Crippen molar-refractivity contribution in [2.45, 2.75) is 32.6 Å². The summed E-state index contributed by atoms with van der Waals surface area (Å²) in [7, 11) is 0. The number of halogens is 1. The maximum atomic E-state index is 13.6. The van der Waals surface area contributed by atoms with Crippen LogP contribution in [0.5, 0.6) is 0 Å². The maximum absolute atomic E-state index is 13.6. The molecule has 0 aliphatic rings. The van der Waals surface area contributed by atoms with Gasteiger partial charge in [-0.05, 0) is 31.9 Å². The summed E-state index contributed by atoms with van der Waals surface area (Å²) in [5.41, 5.74) is -1.24. The first-order valence-corrected chi connectivity index (χ1v) is 6.39. The molecule has 0 N–H and O–H groups in total. The number of hydrogen-bond donors (Lipinski definition) is 0. The fourth-order valence-electron chi connectivity index (χ4n) is 1.75. The Balaban J connectivity index is 0.00000135. The second kappa shape index (κ2) is 8.63. The van der Waals surface area contributed by atoms with Gasteiger partial charge in [0.2, 0.25) is 5.82 Å². The summed E-state index contributed by atoms with van der Waals surface area (Å²) in [5.74, 6) is -1.42. The van der Waals surface area contributed by atoms with Crippen LogP contribution in [0.25, 0.3) is 0 Å². The highest BCUT2D eigenvalue weighted by atomic mass is 19.1. The van der Waals surface area contributed by atoms with Crippen molar-refractivity contribution in [2.75, 3.05) is 6.61 Å². The molecule has 0 fully saturated rings. The van der Waals surface area contributed by atoms with Crippen LogP contribution >= 0.6 is 0 Å². The van der Waals surface area contributed by atoms with Gasteiger partial charge in [-0.25, -0.2) is 0 Å². The van der Waals surface area contributed by atoms with E-state index in [-0.39, 0.29) is 12.8 Å². The fraction of sp³-hybridized carbons (Fsp3) is 0.429. The number of benzene rings is 1. The molecular weight excluding hydrogens is 297 g/mol. The molecule has 0 heterocycles. The Kier molecular flexibility index (Phi) is 7.61. The summed E-state index contributed by atoms with van der Waals surface area (Å²) in [6.45, 7) is 5.32. The lowest BCUT2D eigenvalue weighted by atomic mass is 9.80. The normalized spacial score (nSPS) is 12.2. The molecule has 0 saturated heterocycles. The van der Waals surface area contributed by atoms with E-state index in [0.717, 1.165) is 12.1 Å². The second-order valence-corrected chi connectivity index (χ2v) is 4.41. The van der Waals surface area contributed by atoms with Gasteiger partial charge in [0.15, 0.2) is 0 Å². The Morgan fingerprint density at radius 1 is 1.41 bits per heavy atom. The molecular formula is C14H16FNO6. The quantitative estimate of drug-likeness (QED) is 0.469. The molecule has 0 bridgehead atoms. The van der Waals surface area contributed by atoms with Crippen molar-refractivity contribution in [3.63, 3.8) is 0 Å². The van der Waals surface area contributed by atoms with Gasteiger partial charge >= 0.3 is 17.8 Å². The molecule has 22 heavy (non-hydrogen) atoms. The number of carbonyl (C=O) groups excluding carboxylic acids is 3. The molecule has 7 nitrogen and oxygen atoms in total. The van der Waals surface area contributed by atoms with Crippen LogP contribution in [0.1, 0.15) is 32.8 Å². The molecule has 0 amide bonds. The number of esters is 1. The lowest BCUT2D eigenvalue weighted by Crippen LogP contribution is -2.34. The second-order valence-electron chi connectivity index (χ2n) is 4.41. The van der Waals surface area contributed by atoms with Gasteiger partial charge in [0.05, 0.1) is 16.9 Å². The van der Waals surface area contributed by atoms with E-state index in [0.29, 0.717) is 12.0 Å². The first-order chi connectivity index (χ1) is 10.3. The summed E-state index contributed by atoms with van der Waals surface area (Å²) >= 11 is 0. The predicted octanol–water partition coefficient (Wildman–Crippen LogP) is 2.38. The Bertz CT molecular complexity index is 583. The van der Waals surface area contributed by atoms with Gasteiger partial charge < -0.3 is 4.74 Å². The molecule has 1 unspecified atom stereocenters. The van der Waals surface area contributed by atoms with E-state index in [9.17, 15) is 19.3 Å². The molecule has 1 rings (SSSR count). The summed E-state index contributed by atoms with van der Waals surface area (Å²) in [6, 6.07) is 3.48. The molecule has 1 aromatic carbocycles. The summed E-state index contributed by atoms with van der Waals surface area (Å²) in [4.78, 5) is 38.0. The zero-order valence-corrected chi connectivity index (χ0v) is 12.4. The van der Waals surface area contributed by atoms with Crippen LogP contribution in [0.3, 0.4) is 0 Å². The van der Waals surface area contributed by atoms with Gasteiger partial charge in [-0.15, -0.1) is 0 Å². The van der Waals surface area contributed by atoms with E-state index in [2.05, 4.69) is 0 Å². The Hall–Kier alpha value is -2.60. The molecule has 0 spiro atoms. The van der Waals surface area contributed by atoms with Crippen molar-refractivity contribution >= 4 is 17.8 Å². The van der Waals surface area contributed by atoms with Crippen molar-refractivity contribution < 1.29 is 28.4 Å². The van der Waals surface area contributed by atoms with Gasteiger partial charge in [0.25, 0.3) is 0 Å². The molecule has 120 valence electrons. The van der Waals surface area contributed by atoms with Crippen LogP contribution in [0.15, 0.2) is 18.2 Å². The summed E-state index contributed by atoms with van der Waals surface area (Å²) < 4.78 is 18.6. The molecule has 0 aliphatic carbocycles. The standard InChI is InChI=1S/C13H16FNO4.CO2/c1-4-13(3,12(16)19-5-2)9-6-7-11(15(17)18)10(14)8-9;2-1-3/h6-8H,4-5H2,1-3H3;. The van der Waals surface area contributed by atoms with E-state index in [1.165, 1.54) is 6.07 Å². The van der Waals surface area contributed by atoms with E-state index in [4.69, 9.17) is 14.3 Å². The van der Waals surface area contributed by atoms with Crippen LogP contribution in [-0.4, -0.2) is 23.7 Å². The number of nitro benzene ring substituents is 1. The SMILES string of the molecule is CCOC(=O)C(C)(CC)c1ccc([N+](=O)[O-])c(F)c1.O=C=O. The van der Waals surface area contributed by atoms with Crippen molar-refractivity contribution in [1.82, 2.24) is 0 Å². The van der Waals surface area contributed by atoms with E-state index < -0.39 is 27.8 Å². The Morgan fingerprint density at radius 2 is 1.95 bits per heavy atom. The number of nitrogens with zero attached hydrogens (tertiary/aromatic N) is 1. The van der Waals surface area contributed by atoms with E-state index >= 15 is 0 Å². The highest BCUT2D eigenvalue weighted by Crippen LogP contribution is 2.31. The summed E-state index contributed by atoms with van der Waals surface area (Å²) in [5, 5.41) is 10.6. The number of ether oxygens (including phenoxy) is 1. The van der Waals surface area contributed by atoms with Crippen LogP contribution in [0.4, 0.5) is 10.1 Å². The number of rotatable bonds is 5. The van der Waals surface area contributed by atoms with Gasteiger partial charge in [-0.3, -0.25) is 14.9 Å². The smallest absolute Gasteiger partial charge is 0.373 e. The monoisotopic (exact) mass is 313 g/mol. The molecule has 0 aromatic heterocycles. The average Bonchev–Trinajstić information content (AvgIpc) is 2.46. The fourth-order valence-corrected chi connectivity index (χ4v) is 1.75. The first-order valence-electron chi connectivity index (χ1n) is 6.39. The topological polar surface area (TPSA) is 104 Å². The predicted molar refractivity (Wildman–Crippen MR) is 72.3 cm³/mol. The van der Waals surface area contributed by atoms with Gasteiger partial charge in [-0.1, -0.05) is 13.0 Å². The third-order valence-electron chi connectivity index (χ3n) is 3.21. The number of nitro groups is 1. The molecule has 0 radical (unpaired) electrons. The minimum atomic E-state index is -1.01. The van der Waals surface area contributed by atoms with Crippen LogP contribution in [-0.2, 0) is 24.5 Å². The summed E-state index contributed by atoms with van der Waals surface area (Å²) in [6.07, 6.45) is 0.656. The lowest BCUT2D eigenvalue weighted by Gasteiger charge is -2.26. The number of carbonyl (C=O) groups is 1. The largest absolute Gasteiger partial charge is 0.465 e. The van der Waals surface area contributed by atoms with Gasteiger partial charge in [0.1, 0.15) is 0 Å². The zero-order chi connectivity index (χ0) is 17.3. The third kappa shape index (κ3) is 4.46. The van der Waals surface area contributed by atoms with Crippen LogP contribution in [0, 0.1) is 15.9 Å². The minimum Gasteiger partial charge on any atom is -0.465 e. The third-order valence-corrected chi connectivity index (χ3v) is 3.21. The first kappa shape index (κ1) is 19.4. The molecule has 1 atom stereocenters. The Morgan fingerprint density at radius 3 is 2.32 bits per heavy atom. The Labute approximate surface area is 126 Å². The lowest BCUT2D eigenvalue weighted by molar-refractivity contribution is -0.387. The average molecular weight is 313 g/mol. The highest BCUT2D eigenvalue weighted by molar-refractivity contribution is 5.82. The highest BCUT2D eigenvalue weighted by Gasteiger charge is 2.36. The maximum Gasteiger partial charge on any atom is 0.373 e. The van der Waals surface area contributed by atoms with Crippen molar-refractivity contribution in [1.29, 1.82) is 0 Å².